The molecule has 1 N–H and O–H groups in total. The van der Waals surface area contributed by atoms with Crippen molar-refractivity contribution in [3.05, 3.63) is 48.0 Å². The Labute approximate surface area is 202 Å². The summed E-state index contributed by atoms with van der Waals surface area (Å²) in [6.45, 7) is 7.80. The van der Waals surface area contributed by atoms with Crippen LogP contribution < -0.4 is 14.8 Å². The van der Waals surface area contributed by atoms with E-state index in [9.17, 15) is 13.2 Å². The number of sulfonamides is 1. The van der Waals surface area contributed by atoms with Crippen LogP contribution in [0.15, 0.2) is 47.4 Å². The molecule has 2 aromatic rings. The molecule has 0 spiro atoms. The highest BCUT2D eigenvalue weighted by Crippen LogP contribution is 2.31. The van der Waals surface area contributed by atoms with Crippen LogP contribution in [0.25, 0.3) is 0 Å². The van der Waals surface area contributed by atoms with Gasteiger partial charge in [-0.15, -0.1) is 0 Å². The Morgan fingerprint density at radius 1 is 1.09 bits per heavy atom. The number of nitrogens with zero attached hydrogens (tertiary/aromatic N) is 1. The first-order valence-corrected chi connectivity index (χ1v) is 13.2. The first-order chi connectivity index (χ1) is 16.3. The Kier molecular flexibility index (Phi) is 9.32. The van der Waals surface area contributed by atoms with Gasteiger partial charge in [-0.05, 0) is 62.7 Å². The molecule has 0 unspecified atom stereocenters. The number of ether oxygens (including phenoxy) is 3. The molecule has 1 aliphatic rings. The third kappa shape index (κ3) is 6.94. The van der Waals surface area contributed by atoms with Crippen molar-refractivity contribution in [2.45, 2.75) is 51.0 Å². The van der Waals surface area contributed by atoms with Gasteiger partial charge >= 0.3 is 0 Å². The van der Waals surface area contributed by atoms with Crippen molar-refractivity contribution in [2.24, 2.45) is 0 Å². The summed E-state index contributed by atoms with van der Waals surface area (Å²) in [5.41, 5.74) is 0.728. The molecule has 34 heavy (non-hydrogen) atoms. The van der Waals surface area contributed by atoms with Gasteiger partial charge in [0.1, 0.15) is 11.5 Å². The summed E-state index contributed by atoms with van der Waals surface area (Å²) < 4.78 is 44.4. The number of carbonyl (C=O) groups excluding carboxylic acids is 1. The predicted octanol–water partition coefficient (Wildman–Crippen LogP) is 4.32. The Balaban J connectivity index is 1.78. The molecule has 1 aliphatic heterocycles. The largest absolute Gasteiger partial charge is 0.494 e. The fourth-order valence-corrected chi connectivity index (χ4v) is 4.93. The maximum Gasteiger partial charge on any atom is 0.255 e. The van der Waals surface area contributed by atoms with Crippen LogP contribution in [0, 0.1) is 0 Å². The van der Waals surface area contributed by atoms with Crippen LogP contribution in [0.1, 0.15) is 50.4 Å². The van der Waals surface area contributed by atoms with Crippen molar-refractivity contribution in [3.8, 4) is 11.5 Å². The second-order valence-electron chi connectivity index (χ2n) is 8.38. The smallest absolute Gasteiger partial charge is 0.255 e. The normalized spacial score (nSPS) is 14.7. The van der Waals surface area contributed by atoms with E-state index in [4.69, 9.17) is 14.2 Å². The minimum Gasteiger partial charge on any atom is -0.494 e. The molecule has 0 radical (unpaired) electrons. The number of unbranched alkanes of at least 4 members (excludes halogenated alkanes) is 2. The molecular formula is C25H34N2O6S. The molecule has 1 heterocycles. The molecule has 0 bridgehead atoms. The summed E-state index contributed by atoms with van der Waals surface area (Å²) in [5, 5.41) is 2.81. The van der Waals surface area contributed by atoms with Gasteiger partial charge in [-0.2, -0.15) is 4.31 Å². The van der Waals surface area contributed by atoms with Gasteiger partial charge in [0, 0.05) is 18.7 Å². The summed E-state index contributed by atoms with van der Waals surface area (Å²) in [4.78, 5) is 13.0. The lowest BCUT2D eigenvalue weighted by molar-refractivity contribution is 0.0730. The molecule has 186 valence electrons. The fraction of sp³-hybridized carbons (Fsp3) is 0.480. The average Bonchev–Trinajstić information content (AvgIpc) is 2.83. The standard InChI is InChI=1S/C25H34N2O6S/c1-4-5-6-15-32-21-9-7-20(8-10-21)25(28)26-23-18-22(11-12-24(23)33-19(2)3)34(29,30)27-13-16-31-17-14-27/h7-12,18-19H,4-6,13-17H2,1-3H3,(H,26,28). The molecular weight excluding hydrogens is 456 g/mol. The zero-order chi connectivity index (χ0) is 24.6. The summed E-state index contributed by atoms with van der Waals surface area (Å²) in [6, 6.07) is 11.4. The number of benzene rings is 2. The van der Waals surface area contributed by atoms with E-state index in [1.165, 1.54) is 16.4 Å². The first kappa shape index (κ1) is 26.0. The number of amides is 1. The number of carbonyl (C=O) groups is 1. The van der Waals surface area contributed by atoms with Gasteiger partial charge in [-0.1, -0.05) is 19.8 Å². The Bertz CT molecular complexity index is 1050. The van der Waals surface area contributed by atoms with Crippen molar-refractivity contribution >= 4 is 21.6 Å². The van der Waals surface area contributed by atoms with E-state index in [0.29, 0.717) is 55.7 Å². The number of nitrogens with one attached hydrogen (secondary N) is 1. The third-order valence-electron chi connectivity index (χ3n) is 5.30. The van der Waals surface area contributed by atoms with E-state index in [0.717, 1.165) is 19.3 Å². The minimum atomic E-state index is -3.72. The quantitative estimate of drug-likeness (QED) is 0.472. The SMILES string of the molecule is CCCCCOc1ccc(C(=O)Nc2cc(S(=O)(=O)N3CCOCC3)ccc2OC(C)C)cc1. The van der Waals surface area contributed by atoms with Gasteiger partial charge in [0.25, 0.3) is 5.91 Å². The number of hydrogen-bond donors (Lipinski definition) is 1. The van der Waals surface area contributed by atoms with Crippen LogP contribution in [-0.4, -0.2) is 57.6 Å². The lowest BCUT2D eigenvalue weighted by atomic mass is 10.2. The summed E-state index contributed by atoms with van der Waals surface area (Å²) in [5.74, 6) is 0.738. The molecule has 1 saturated heterocycles. The second-order valence-corrected chi connectivity index (χ2v) is 10.3. The van der Waals surface area contributed by atoms with Gasteiger partial charge in [0.05, 0.1) is 36.5 Å². The Morgan fingerprint density at radius 3 is 2.44 bits per heavy atom. The van der Waals surface area contributed by atoms with Crippen molar-refractivity contribution < 1.29 is 27.4 Å². The van der Waals surface area contributed by atoms with Crippen LogP contribution in [0.2, 0.25) is 0 Å². The topological polar surface area (TPSA) is 94.2 Å². The van der Waals surface area contributed by atoms with Crippen molar-refractivity contribution in [1.82, 2.24) is 4.31 Å². The summed E-state index contributed by atoms with van der Waals surface area (Å²) >= 11 is 0. The monoisotopic (exact) mass is 490 g/mol. The Hall–Kier alpha value is -2.62. The van der Waals surface area contributed by atoms with Crippen molar-refractivity contribution in [2.75, 3.05) is 38.2 Å². The zero-order valence-corrected chi connectivity index (χ0v) is 20.9. The predicted molar refractivity (Wildman–Crippen MR) is 131 cm³/mol. The number of morpholine rings is 1. The second kappa shape index (κ2) is 12.2. The van der Waals surface area contributed by atoms with E-state index < -0.39 is 10.0 Å². The number of hydrogen-bond acceptors (Lipinski definition) is 6. The van der Waals surface area contributed by atoms with E-state index in [1.807, 2.05) is 13.8 Å². The molecule has 2 aromatic carbocycles. The molecule has 3 rings (SSSR count). The molecule has 0 atom stereocenters. The van der Waals surface area contributed by atoms with Gasteiger partial charge < -0.3 is 19.5 Å². The van der Waals surface area contributed by atoms with Gasteiger partial charge in [-0.25, -0.2) is 8.42 Å². The molecule has 8 nitrogen and oxygen atoms in total. The lowest BCUT2D eigenvalue weighted by Gasteiger charge is -2.26. The highest BCUT2D eigenvalue weighted by atomic mass is 32.2. The highest BCUT2D eigenvalue weighted by Gasteiger charge is 2.27. The average molecular weight is 491 g/mol. The van der Waals surface area contributed by atoms with E-state index in [-0.39, 0.29) is 16.9 Å². The van der Waals surface area contributed by atoms with E-state index in [1.54, 1.807) is 30.3 Å². The third-order valence-corrected chi connectivity index (χ3v) is 7.20. The van der Waals surface area contributed by atoms with Crippen LogP contribution >= 0.6 is 0 Å². The maximum atomic E-state index is 13.1. The van der Waals surface area contributed by atoms with E-state index in [2.05, 4.69) is 12.2 Å². The van der Waals surface area contributed by atoms with Gasteiger partial charge in [0.15, 0.2) is 0 Å². The molecule has 9 heteroatoms. The Morgan fingerprint density at radius 2 is 1.79 bits per heavy atom. The molecule has 0 aromatic heterocycles. The molecule has 0 saturated carbocycles. The minimum absolute atomic E-state index is 0.0941. The van der Waals surface area contributed by atoms with Gasteiger partial charge in [-0.3, -0.25) is 4.79 Å². The molecule has 0 aliphatic carbocycles. The number of anilines is 1. The van der Waals surface area contributed by atoms with Crippen molar-refractivity contribution in [1.29, 1.82) is 0 Å². The fourth-order valence-electron chi connectivity index (χ4n) is 3.50. The maximum absolute atomic E-state index is 13.1. The van der Waals surface area contributed by atoms with Crippen LogP contribution in [-0.2, 0) is 14.8 Å². The molecule has 1 amide bonds. The first-order valence-electron chi connectivity index (χ1n) is 11.7. The summed E-state index contributed by atoms with van der Waals surface area (Å²) in [7, 11) is -3.72. The van der Waals surface area contributed by atoms with E-state index >= 15 is 0 Å². The highest BCUT2D eigenvalue weighted by molar-refractivity contribution is 7.89. The van der Waals surface area contributed by atoms with Gasteiger partial charge in [0.2, 0.25) is 10.0 Å². The lowest BCUT2D eigenvalue weighted by Crippen LogP contribution is -2.40. The number of rotatable bonds is 11. The van der Waals surface area contributed by atoms with Crippen LogP contribution in [0.4, 0.5) is 5.69 Å². The van der Waals surface area contributed by atoms with Crippen LogP contribution in [0.3, 0.4) is 0 Å². The summed E-state index contributed by atoms with van der Waals surface area (Å²) in [6.07, 6.45) is 3.07. The molecule has 1 fully saturated rings. The zero-order valence-electron chi connectivity index (χ0n) is 20.1. The van der Waals surface area contributed by atoms with Crippen molar-refractivity contribution in [3.63, 3.8) is 0 Å². The van der Waals surface area contributed by atoms with Crippen LogP contribution in [0.5, 0.6) is 11.5 Å².